The van der Waals surface area contributed by atoms with Gasteiger partial charge in [-0.05, 0) is 5.56 Å². The highest BCUT2D eigenvalue weighted by Gasteiger charge is 2.16. The van der Waals surface area contributed by atoms with Crippen LogP contribution < -0.4 is 0 Å². The van der Waals surface area contributed by atoms with Crippen LogP contribution in [0.3, 0.4) is 0 Å². The van der Waals surface area contributed by atoms with Gasteiger partial charge in [0.05, 0.1) is 79.3 Å². The summed E-state index contributed by atoms with van der Waals surface area (Å²) in [7, 11) is 0. The van der Waals surface area contributed by atoms with Crippen molar-refractivity contribution in [2.75, 3.05) is 79.3 Å². The zero-order chi connectivity index (χ0) is 25.5. The van der Waals surface area contributed by atoms with Gasteiger partial charge in [0.1, 0.15) is 6.61 Å². The Kier molecular flexibility index (Phi) is 16.9. The first-order valence-electron chi connectivity index (χ1n) is 12.0. The molecular weight excluding hydrogens is 468 g/mol. The maximum atomic E-state index is 11.8. The Bertz CT molecular complexity index is 815. The molecule has 0 fully saturated rings. The fourth-order valence-corrected chi connectivity index (χ4v) is 2.83. The standard InChI is InChI=1S/C27H36O9/c28-26(25-9-5-2-6-10-25)27(29)36-22-21-34-18-17-32-14-13-30-11-12-31-15-16-33-19-20-35-23-24-7-3-1-4-8-24/h1-10H,11-23H2. The largest absolute Gasteiger partial charge is 0.457 e. The molecule has 0 unspecified atom stereocenters. The molecule has 9 nitrogen and oxygen atoms in total. The van der Waals surface area contributed by atoms with E-state index in [0.717, 1.165) is 5.56 Å². The molecule has 0 spiro atoms. The van der Waals surface area contributed by atoms with Gasteiger partial charge in [-0.1, -0.05) is 60.7 Å². The average molecular weight is 505 g/mol. The molecule has 0 bridgehead atoms. The highest BCUT2D eigenvalue weighted by molar-refractivity contribution is 6.40. The monoisotopic (exact) mass is 504 g/mol. The molecule has 0 aromatic heterocycles. The second kappa shape index (κ2) is 20.5. The van der Waals surface area contributed by atoms with Crippen LogP contribution >= 0.6 is 0 Å². The summed E-state index contributed by atoms with van der Waals surface area (Å²) in [5, 5.41) is 0. The molecule has 0 aliphatic heterocycles. The fourth-order valence-electron chi connectivity index (χ4n) is 2.83. The molecule has 0 amide bonds. The van der Waals surface area contributed by atoms with Crippen LogP contribution in [-0.2, 0) is 44.6 Å². The Morgan fingerprint density at radius 2 is 0.861 bits per heavy atom. The van der Waals surface area contributed by atoms with E-state index in [0.29, 0.717) is 78.2 Å². The lowest BCUT2D eigenvalue weighted by atomic mass is 10.1. The van der Waals surface area contributed by atoms with Gasteiger partial charge in [-0.25, -0.2) is 4.79 Å². The Morgan fingerprint density at radius 1 is 0.472 bits per heavy atom. The van der Waals surface area contributed by atoms with E-state index in [1.165, 1.54) is 0 Å². The lowest BCUT2D eigenvalue weighted by Crippen LogP contribution is -2.20. The van der Waals surface area contributed by atoms with Crippen LogP contribution in [-0.4, -0.2) is 91.0 Å². The quantitative estimate of drug-likeness (QED) is 0.104. The number of hydrogen-bond donors (Lipinski definition) is 0. The van der Waals surface area contributed by atoms with Gasteiger partial charge in [-0.3, -0.25) is 4.79 Å². The van der Waals surface area contributed by atoms with Gasteiger partial charge >= 0.3 is 5.97 Å². The second-order valence-electron chi connectivity index (χ2n) is 7.43. The van der Waals surface area contributed by atoms with Gasteiger partial charge in [0, 0.05) is 5.56 Å². The second-order valence-corrected chi connectivity index (χ2v) is 7.43. The molecule has 2 rings (SSSR count). The molecule has 2 aromatic rings. The summed E-state index contributed by atoms with van der Waals surface area (Å²) in [6.07, 6.45) is 0. The molecule has 0 saturated heterocycles. The van der Waals surface area contributed by atoms with Crippen LogP contribution in [0.4, 0.5) is 0 Å². The van der Waals surface area contributed by atoms with Crippen LogP contribution in [0.2, 0.25) is 0 Å². The minimum absolute atomic E-state index is 0.00753. The van der Waals surface area contributed by atoms with Crippen molar-refractivity contribution in [3.05, 3.63) is 71.8 Å². The van der Waals surface area contributed by atoms with E-state index in [4.69, 9.17) is 33.2 Å². The van der Waals surface area contributed by atoms with Crippen LogP contribution in [0.25, 0.3) is 0 Å². The van der Waals surface area contributed by atoms with Crippen molar-refractivity contribution >= 4 is 11.8 Å². The number of Topliss-reactive ketones (excluding diaryl/α,β-unsaturated/α-hetero) is 1. The summed E-state index contributed by atoms with van der Waals surface area (Å²) in [4.78, 5) is 23.5. The zero-order valence-corrected chi connectivity index (χ0v) is 20.6. The number of esters is 1. The Hall–Kier alpha value is -2.66. The maximum Gasteiger partial charge on any atom is 0.379 e. The number of ether oxygens (including phenoxy) is 7. The van der Waals surface area contributed by atoms with E-state index >= 15 is 0 Å². The summed E-state index contributed by atoms with van der Waals surface area (Å²) >= 11 is 0. The third kappa shape index (κ3) is 14.7. The molecule has 0 N–H and O–H groups in total. The summed E-state index contributed by atoms with van der Waals surface area (Å²) in [5.74, 6) is -1.56. The smallest absolute Gasteiger partial charge is 0.379 e. The topological polar surface area (TPSA) is 98.8 Å². The molecular formula is C27H36O9. The predicted molar refractivity (Wildman–Crippen MR) is 132 cm³/mol. The van der Waals surface area contributed by atoms with Crippen molar-refractivity contribution in [1.29, 1.82) is 0 Å². The van der Waals surface area contributed by atoms with Crippen LogP contribution in [0.1, 0.15) is 15.9 Å². The Balaban J connectivity index is 1.25. The molecule has 0 atom stereocenters. The highest BCUT2D eigenvalue weighted by atomic mass is 16.6. The van der Waals surface area contributed by atoms with Crippen molar-refractivity contribution in [3.8, 4) is 0 Å². The average Bonchev–Trinajstić information content (AvgIpc) is 2.92. The molecule has 0 heterocycles. The van der Waals surface area contributed by atoms with Crippen LogP contribution in [0, 0.1) is 0 Å². The number of carbonyl (C=O) groups is 2. The normalized spacial score (nSPS) is 10.9. The van der Waals surface area contributed by atoms with Crippen LogP contribution in [0.15, 0.2) is 60.7 Å². The first-order valence-corrected chi connectivity index (χ1v) is 12.0. The predicted octanol–water partition coefficient (Wildman–Crippen LogP) is 2.71. The zero-order valence-electron chi connectivity index (χ0n) is 20.6. The van der Waals surface area contributed by atoms with Gasteiger partial charge in [-0.15, -0.1) is 0 Å². The van der Waals surface area contributed by atoms with Crippen LogP contribution in [0.5, 0.6) is 0 Å². The molecule has 36 heavy (non-hydrogen) atoms. The van der Waals surface area contributed by atoms with E-state index in [1.807, 2.05) is 30.3 Å². The van der Waals surface area contributed by atoms with Crippen molar-refractivity contribution in [2.24, 2.45) is 0 Å². The number of ketones is 1. The summed E-state index contributed by atoms with van der Waals surface area (Å²) < 4.78 is 37.5. The minimum atomic E-state index is -0.890. The number of rotatable bonds is 22. The Labute approximate surface area is 212 Å². The first-order chi connectivity index (χ1) is 17.8. The molecule has 2 aromatic carbocycles. The lowest BCUT2D eigenvalue weighted by Gasteiger charge is -2.08. The fraction of sp³-hybridized carbons (Fsp3) is 0.481. The number of carbonyl (C=O) groups excluding carboxylic acids is 2. The van der Waals surface area contributed by atoms with Gasteiger partial charge in [0.25, 0.3) is 5.78 Å². The summed E-state index contributed by atoms with van der Waals surface area (Å²) in [5.41, 5.74) is 1.45. The summed E-state index contributed by atoms with van der Waals surface area (Å²) in [6, 6.07) is 18.3. The van der Waals surface area contributed by atoms with Crippen molar-refractivity contribution in [2.45, 2.75) is 6.61 Å². The minimum Gasteiger partial charge on any atom is -0.457 e. The van der Waals surface area contributed by atoms with E-state index in [1.54, 1.807) is 30.3 Å². The van der Waals surface area contributed by atoms with E-state index in [-0.39, 0.29) is 13.2 Å². The van der Waals surface area contributed by atoms with Crippen molar-refractivity contribution < 1.29 is 42.7 Å². The van der Waals surface area contributed by atoms with Gasteiger partial charge in [0.15, 0.2) is 0 Å². The van der Waals surface area contributed by atoms with E-state index in [9.17, 15) is 9.59 Å². The van der Waals surface area contributed by atoms with E-state index in [2.05, 4.69) is 0 Å². The first kappa shape index (κ1) is 29.6. The van der Waals surface area contributed by atoms with Crippen molar-refractivity contribution in [3.63, 3.8) is 0 Å². The SMILES string of the molecule is O=C(OCCOCCOCCOCCOCCOCCOCc1ccccc1)C(=O)c1ccccc1. The third-order valence-electron chi connectivity index (χ3n) is 4.65. The van der Waals surface area contributed by atoms with Gasteiger partial charge < -0.3 is 33.2 Å². The molecule has 0 saturated carbocycles. The number of hydrogen-bond acceptors (Lipinski definition) is 9. The third-order valence-corrected chi connectivity index (χ3v) is 4.65. The van der Waals surface area contributed by atoms with Gasteiger partial charge in [0.2, 0.25) is 0 Å². The molecule has 0 aliphatic rings. The molecule has 9 heteroatoms. The lowest BCUT2D eigenvalue weighted by molar-refractivity contribution is -0.139. The Morgan fingerprint density at radius 3 is 1.33 bits per heavy atom. The molecule has 198 valence electrons. The van der Waals surface area contributed by atoms with Crippen molar-refractivity contribution in [1.82, 2.24) is 0 Å². The maximum absolute atomic E-state index is 11.8. The number of benzene rings is 2. The van der Waals surface area contributed by atoms with E-state index < -0.39 is 11.8 Å². The highest BCUT2D eigenvalue weighted by Crippen LogP contribution is 2.02. The molecule has 0 radical (unpaired) electrons. The summed E-state index contributed by atoms with van der Waals surface area (Å²) in [6.45, 7) is 5.50. The van der Waals surface area contributed by atoms with Gasteiger partial charge in [-0.2, -0.15) is 0 Å². The molecule has 0 aliphatic carbocycles.